The van der Waals surface area contributed by atoms with Crippen LogP contribution < -0.4 is 10.1 Å². The van der Waals surface area contributed by atoms with Gasteiger partial charge >= 0.3 is 0 Å². The minimum atomic E-state index is -0.722. The molecule has 33 heavy (non-hydrogen) atoms. The number of nitrogens with one attached hydrogen (secondary N) is 1. The van der Waals surface area contributed by atoms with Crippen molar-refractivity contribution in [3.8, 4) is 5.75 Å². The molecule has 5 rings (SSSR count). The van der Waals surface area contributed by atoms with E-state index in [0.717, 1.165) is 13.1 Å². The van der Waals surface area contributed by atoms with Crippen LogP contribution in [0.25, 0.3) is 0 Å². The normalized spacial score (nSPS) is 22.4. The van der Waals surface area contributed by atoms with E-state index >= 15 is 0 Å². The fourth-order valence-electron chi connectivity index (χ4n) is 4.41. The third-order valence-electron chi connectivity index (χ3n) is 6.20. The third-order valence-corrected chi connectivity index (χ3v) is 6.20. The zero-order valence-electron chi connectivity index (χ0n) is 21.2. The van der Waals surface area contributed by atoms with Crippen LogP contribution in [0.4, 0.5) is 0 Å². The van der Waals surface area contributed by atoms with E-state index in [1.165, 1.54) is 4.90 Å². The summed E-state index contributed by atoms with van der Waals surface area (Å²) in [5.41, 5.74) is 1.98. The second-order valence-corrected chi connectivity index (χ2v) is 8.40. The van der Waals surface area contributed by atoms with Crippen molar-refractivity contribution >= 4 is 17.7 Å². The smallest absolute Gasteiger partial charge is 0.255 e. The maximum absolute atomic E-state index is 13.0. The molecule has 1 unspecified atom stereocenters. The Morgan fingerprint density at radius 3 is 2.73 bits per heavy atom. The molecule has 3 amide bonds. The summed E-state index contributed by atoms with van der Waals surface area (Å²) in [6.45, 7) is 3.32. The quantitative estimate of drug-likeness (QED) is 0.674. The summed E-state index contributed by atoms with van der Waals surface area (Å²) in [6, 6.07) is 6.14. The van der Waals surface area contributed by atoms with Crippen LogP contribution in [0, 0.1) is 0 Å². The molecule has 0 aliphatic carbocycles. The zero-order chi connectivity index (χ0) is 25.4. The summed E-state index contributed by atoms with van der Waals surface area (Å²) in [4.78, 5) is 40.4. The first-order valence-electron chi connectivity index (χ1n) is 12.6. The number of imide groups is 1. The molecule has 2 aromatic carbocycles. The summed E-state index contributed by atoms with van der Waals surface area (Å²) >= 11 is 0. The van der Waals surface area contributed by atoms with Crippen molar-refractivity contribution < 1.29 is 28.0 Å². The van der Waals surface area contributed by atoms with E-state index in [0.29, 0.717) is 47.8 Å². The molecule has 8 heteroatoms. The third kappa shape index (κ3) is 4.62. The van der Waals surface area contributed by atoms with Crippen LogP contribution in [0.15, 0.2) is 42.4 Å². The molecule has 1 atom stereocenters. The molecule has 2 aromatic rings. The number of fused-ring (bicyclic) bond motifs is 1. The summed E-state index contributed by atoms with van der Waals surface area (Å²) in [5.74, 6) is -0.689. The van der Waals surface area contributed by atoms with Crippen molar-refractivity contribution in [1.82, 2.24) is 15.1 Å². The number of hydrogen-bond acceptors (Lipinski definition) is 6. The number of amides is 3. The number of nitrogens with zero attached hydrogens (tertiary/aromatic N) is 2. The molecule has 0 saturated carbocycles. The van der Waals surface area contributed by atoms with Gasteiger partial charge in [-0.2, -0.15) is 0 Å². The van der Waals surface area contributed by atoms with Crippen molar-refractivity contribution in [3.63, 3.8) is 0 Å². The van der Waals surface area contributed by atoms with Gasteiger partial charge in [0, 0.05) is 37.2 Å². The molecule has 8 nitrogen and oxygen atoms in total. The molecular formula is C25H27N3O5. The fourth-order valence-corrected chi connectivity index (χ4v) is 4.41. The van der Waals surface area contributed by atoms with E-state index in [-0.39, 0.29) is 55.9 Å². The summed E-state index contributed by atoms with van der Waals surface area (Å²) in [6.07, 6.45) is 0.448. The van der Waals surface area contributed by atoms with Crippen LogP contribution in [0.3, 0.4) is 0 Å². The number of carbonyl (C=O) groups excluding carboxylic acids is 3. The first-order chi connectivity index (χ1) is 17.3. The first kappa shape index (κ1) is 18.2. The van der Waals surface area contributed by atoms with Gasteiger partial charge in [-0.3, -0.25) is 24.6 Å². The van der Waals surface area contributed by atoms with Crippen molar-refractivity contribution in [2.45, 2.75) is 38.6 Å². The number of hydrogen-bond donors (Lipinski definition) is 1. The molecule has 0 radical (unpaired) electrons. The molecule has 0 bridgehead atoms. The van der Waals surface area contributed by atoms with Gasteiger partial charge in [0.25, 0.3) is 5.91 Å². The summed E-state index contributed by atoms with van der Waals surface area (Å²) in [7, 11) is 0. The van der Waals surface area contributed by atoms with Gasteiger partial charge in [-0.1, -0.05) is 30.3 Å². The van der Waals surface area contributed by atoms with Gasteiger partial charge in [-0.05, 0) is 29.7 Å². The van der Waals surface area contributed by atoms with Crippen molar-refractivity contribution in [3.05, 3.63) is 64.6 Å². The Hall–Kier alpha value is -3.23. The largest absolute Gasteiger partial charge is 0.489 e. The predicted octanol–water partition coefficient (Wildman–Crippen LogP) is 1.86. The summed E-state index contributed by atoms with van der Waals surface area (Å²) in [5, 5.41) is 2.29. The average Bonchev–Trinajstić information content (AvgIpc) is 3.20. The first-order valence-corrected chi connectivity index (χ1v) is 11.1. The van der Waals surface area contributed by atoms with Gasteiger partial charge in [0.2, 0.25) is 11.8 Å². The highest BCUT2D eigenvalue weighted by atomic mass is 16.5. The molecule has 172 valence electrons. The molecule has 3 aliphatic rings. The molecule has 1 N–H and O–H groups in total. The van der Waals surface area contributed by atoms with Crippen LogP contribution in [-0.4, -0.2) is 59.9 Å². The highest BCUT2D eigenvalue weighted by molar-refractivity contribution is 6.05. The van der Waals surface area contributed by atoms with E-state index in [9.17, 15) is 14.4 Å². The maximum Gasteiger partial charge on any atom is 0.255 e. The monoisotopic (exact) mass is 452 g/mol. The van der Waals surface area contributed by atoms with Gasteiger partial charge in [0.05, 0.1) is 23.9 Å². The van der Waals surface area contributed by atoms with Gasteiger partial charge in [0.1, 0.15) is 18.4 Å². The number of piperidine rings is 1. The van der Waals surface area contributed by atoms with E-state index in [4.69, 9.17) is 13.6 Å². The Balaban J connectivity index is 1.32. The summed E-state index contributed by atoms with van der Waals surface area (Å²) < 4.78 is 36.8. The maximum atomic E-state index is 13.0. The Kier molecular flexibility index (Phi) is 5.15. The van der Waals surface area contributed by atoms with E-state index in [1.807, 2.05) is 0 Å². The minimum Gasteiger partial charge on any atom is -0.489 e. The van der Waals surface area contributed by atoms with Gasteiger partial charge in [-0.25, -0.2) is 0 Å². The van der Waals surface area contributed by atoms with E-state index in [1.54, 1.807) is 24.3 Å². The van der Waals surface area contributed by atoms with Crippen LogP contribution in [0.2, 0.25) is 0 Å². The standard InChI is InChI=1S/C25H27N3O5/c29-23-9-8-21(24(30)26-23)28-15-20-19(25(28)31)2-1-3-22(20)33-16-18-6-4-17(5-7-18)14-27-10-12-32-13-11-27/h1-7,21H,8-16H2,(H,26,29,30)/i4D,6D,7D. The van der Waals surface area contributed by atoms with Crippen molar-refractivity contribution in [2.75, 3.05) is 26.3 Å². The van der Waals surface area contributed by atoms with Crippen LogP contribution in [0.5, 0.6) is 5.75 Å². The molecular weight excluding hydrogens is 422 g/mol. The van der Waals surface area contributed by atoms with Crippen molar-refractivity contribution in [1.29, 1.82) is 0 Å². The van der Waals surface area contributed by atoms with Crippen LogP contribution in [-0.2, 0) is 34.0 Å². The number of benzene rings is 2. The molecule has 0 aromatic heterocycles. The second kappa shape index (κ2) is 9.33. The van der Waals surface area contributed by atoms with E-state index in [2.05, 4.69) is 10.2 Å². The molecule has 3 heterocycles. The highest BCUT2D eigenvalue weighted by Gasteiger charge is 2.40. The number of morpholine rings is 1. The van der Waals surface area contributed by atoms with Crippen LogP contribution >= 0.6 is 0 Å². The van der Waals surface area contributed by atoms with Gasteiger partial charge in [0.15, 0.2) is 0 Å². The van der Waals surface area contributed by atoms with Crippen LogP contribution in [0.1, 0.15) is 44.0 Å². The van der Waals surface area contributed by atoms with Crippen molar-refractivity contribution in [2.24, 2.45) is 0 Å². The lowest BCUT2D eigenvalue weighted by Gasteiger charge is -2.29. The lowest BCUT2D eigenvalue weighted by molar-refractivity contribution is -0.136. The van der Waals surface area contributed by atoms with Gasteiger partial charge in [-0.15, -0.1) is 0 Å². The Bertz CT molecular complexity index is 1230. The number of rotatable bonds is 6. The lowest BCUT2D eigenvalue weighted by atomic mass is 10.0. The minimum absolute atomic E-state index is 0.0421. The number of ether oxygens (including phenoxy) is 2. The topological polar surface area (TPSA) is 88.2 Å². The zero-order valence-corrected chi connectivity index (χ0v) is 18.2. The second-order valence-electron chi connectivity index (χ2n) is 8.40. The predicted molar refractivity (Wildman–Crippen MR) is 119 cm³/mol. The SMILES string of the molecule is [2H]c1cc(CN2CCOCC2)c([2H])c([2H])c1COc1cccc2c1CN(C1CCC(=O)NC1=O)C2=O. The number of carbonyl (C=O) groups is 3. The Labute approximate surface area is 196 Å². The van der Waals surface area contributed by atoms with Gasteiger partial charge < -0.3 is 14.4 Å². The Morgan fingerprint density at radius 2 is 1.91 bits per heavy atom. The molecule has 2 fully saturated rings. The molecule has 2 saturated heterocycles. The molecule has 0 spiro atoms. The Morgan fingerprint density at radius 1 is 1.09 bits per heavy atom. The highest BCUT2D eigenvalue weighted by Crippen LogP contribution is 2.34. The average molecular weight is 453 g/mol. The fraction of sp³-hybridized carbons (Fsp3) is 0.400. The molecule has 3 aliphatic heterocycles. The van der Waals surface area contributed by atoms with E-state index < -0.39 is 11.9 Å². The lowest BCUT2D eigenvalue weighted by Crippen LogP contribution is -2.52.